The average molecular weight is 368 g/mol. The maximum Gasteiger partial charge on any atom is 0.272 e. The van der Waals surface area contributed by atoms with Crippen LogP contribution in [0.5, 0.6) is 5.75 Å². The molecule has 1 aromatic heterocycles. The number of hydrogen-bond acceptors (Lipinski definition) is 5. The van der Waals surface area contributed by atoms with Crippen LogP contribution in [-0.2, 0) is 0 Å². The molecule has 0 unspecified atom stereocenters. The summed E-state index contributed by atoms with van der Waals surface area (Å²) < 4.78 is 5.21. The van der Waals surface area contributed by atoms with Crippen molar-refractivity contribution in [2.24, 2.45) is 0 Å². The van der Waals surface area contributed by atoms with E-state index < -0.39 is 0 Å². The van der Waals surface area contributed by atoms with Gasteiger partial charge < -0.3 is 19.4 Å². The number of amides is 1. The molecule has 1 amide bonds. The summed E-state index contributed by atoms with van der Waals surface area (Å²) >= 11 is 0. The lowest BCUT2D eigenvalue weighted by Crippen LogP contribution is -2.49. The van der Waals surface area contributed by atoms with Gasteiger partial charge in [0.2, 0.25) is 0 Å². The summed E-state index contributed by atoms with van der Waals surface area (Å²) in [5, 5.41) is 0. The average Bonchev–Trinajstić information content (AvgIpc) is 2.75. The Hall–Kier alpha value is -2.76. The van der Waals surface area contributed by atoms with E-state index in [0.29, 0.717) is 18.8 Å². The highest BCUT2D eigenvalue weighted by molar-refractivity contribution is 5.92. The lowest BCUT2D eigenvalue weighted by Gasteiger charge is -2.36. The molecule has 0 aliphatic carbocycles. The molecule has 0 saturated carbocycles. The fourth-order valence-corrected chi connectivity index (χ4v) is 3.41. The van der Waals surface area contributed by atoms with Crippen LogP contribution >= 0.6 is 0 Å². The fourth-order valence-electron chi connectivity index (χ4n) is 3.41. The van der Waals surface area contributed by atoms with Crippen molar-refractivity contribution in [1.29, 1.82) is 0 Å². The summed E-state index contributed by atoms with van der Waals surface area (Å²) in [5.41, 5.74) is 2.73. The van der Waals surface area contributed by atoms with Gasteiger partial charge in [0.25, 0.3) is 5.91 Å². The van der Waals surface area contributed by atoms with Gasteiger partial charge in [0.15, 0.2) is 0 Å². The van der Waals surface area contributed by atoms with Crippen LogP contribution in [0.4, 0.5) is 11.4 Å². The number of benzene rings is 1. The van der Waals surface area contributed by atoms with E-state index >= 15 is 0 Å². The third-order valence-corrected chi connectivity index (χ3v) is 5.10. The molecule has 2 aromatic rings. The Morgan fingerprint density at radius 1 is 1.04 bits per heavy atom. The van der Waals surface area contributed by atoms with Gasteiger partial charge in [-0.05, 0) is 50.2 Å². The molecule has 6 nitrogen and oxygen atoms in total. The standard InChI is InChI=1S/C21H28N4O2/c1-4-23(5-2)18-8-11-20(22-16-18)21(26)25-14-12-24(13-15-25)17-6-9-19(27-3)10-7-17/h6-11,16H,4-5,12-15H2,1-3H3. The van der Waals surface area contributed by atoms with Crippen molar-refractivity contribution < 1.29 is 9.53 Å². The first kappa shape index (κ1) is 19.0. The maximum absolute atomic E-state index is 12.8. The lowest BCUT2D eigenvalue weighted by atomic mass is 10.2. The Labute approximate surface area is 161 Å². The van der Waals surface area contributed by atoms with Gasteiger partial charge in [-0.25, -0.2) is 4.98 Å². The number of piperazine rings is 1. The van der Waals surface area contributed by atoms with Gasteiger partial charge in [-0.15, -0.1) is 0 Å². The van der Waals surface area contributed by atoms with Gasteiger partial charge in [0.05, 0.1) is 19.0 Å². The smallest absolute Gasteiger partial charge is 0.272 e. The summed E-state index contributed by atoms with van der Waals surface area (Å²) in [7, 11) is 1.67. The molecule has 0 N–H and O–H groups in total. The first-order valence-electron chi connectivity index (χ1n) is 9.55. The maximum atomic E-state index is 12.8. The van der Waals surface area contributed by atoms with E-state index in [9.17, 15) is 4.79 Å². The van der Waals surface area contributed by atoms with E-state index in [-0.39, 0.29) is 5.91 Å². The Balaban J connectivity index is 1.59. The normalized spacial score (nSPS) is 14.2. The molecule has 27 heavy (non-hydrogen) atoms. The highest BCUT2D eigenvalue weighted by Crippen LogP contribution is 2.21. The highest BCUT2D eigenvalue weighted by atomic mass is 16.5. The molecule has 0 bridgehead atoms. The second-order valence-corrected chi connectivity index (χ2v) is 6.55. The molecule has 0 atom stereocenters. The number of ether oxygens (including phenoxy) is 1. The van der Waals surface area contributed by atoms with Crippen LogP contribution in [0.15, 0.2) is 42.6 Å². The molecule has 1 aromatic carbocycles. The van der Waals surface area contributed by atoms with E-state index in [2.05, 4.69) is 40.8 Å². The largest absolute Gasteiger partial charge is 0.497 e. The molecule has 1 aliphatic heterocycles. The van der Waals surface area contributed by atoms with Crippen molar-refractivity contribution in [3.63, 3.8) is 0 Å². The zero-order valence-electron chi connectivity index (χ0n) is 16.4. The summed E-state index contributed by atoms with van der Waals surface area (Å²) in [6.45, 7) is 9.12. The second-order valence-electron chi connectivity index (χ2n) is 6.55. The number of carbonyl (C=O) groups excluding carboxylic acids is 1. The van der Waals surface area contributed by atoms with Crippen molar-refractivity contribution in [1.82, 2.24) is 9.88 Å². The minimum atomic E-state index is 0.00970. The monoisotopic (exact) mass is 368 g/mol. The number of aromatic nitrogens is 1. The summed E-state index contributed by atoms with van der Waals surface area (Å²) in [6.07, 6.45) is 1.80. The number of hydrogen-bond donors (Lipinski definition) is 0. The Kier molecular flexibility index (Phi) is 6.16. The van der Waals surface area contributed by atoms with E-state index in [1.165, 1.54) is 0 Å². The van der Waals surface area contributed by atoms with Crippen LogP contribution in [0, 0.1) is 0 Å². The quantitative estimate of drug-likeness (QED) is 0.785. The van der Waals surface area contributed by atoms with Crippen molar-refractivity contribution in [3.8, 4) is 5.75 Å². The summed E-state index contributed by atoms with van der Waals surface area (Å²) in [4.78, 5) is 23.6. The van der Waals surface area contributed by atoms with E-state index in [1.54, 1.807) is 13.3 Å². The minimum Gasteiger partial charge on any atom is -0.497 e. The van der Waals surface area contributed by atoms with Crippen LogP contribution in [0.25, 0.3) is 0 Å². The van der Waals surface area contributed by atoms with E-state index in [1.807, 2.05) is 29.2 Å². The Morgan fingerprint density at radius 3 is 2.22 bits per heavy atom. The van der Waals surface area contributed by atoms with Crippen LogP contribution in [0.1, 0.15) is 24.3 Å². The molecule has 0 radical (unpaired) electrons. The lowest BCUT2D eigenvalue weighted by molar-refractivity contribution is 0.0741. The molecule has 144 valence electrons. The zero-order valence-corrected chi connectivity index (χ0v) is 16.4. The molecule has 3 rings (SSSR count). The van der Waals surface area contributed by atoms with Crippen LogP contribution in [0.3, 0.4) is 0 Å². The molecule has 6 heteroatoms. The fraction of sp³-hybridized carbons (Fsp3) is 0.429. The van der Waals surface area contributed by atoms with Crippen LogP contribution < -0.4 is 14.5 Å². The van der Waals surface area contributed by atoms with Crippen LogP contribution in [0.2, 0.25) is 0 Å². The third kappa shape index (κ3) is 4.32. The van der Waals surface area contributed by atoms with Gasteiger partial charge in [0, 0.05) is 45.0 Å². The molecule has 0 spiro atoms. The number of carbonyl (C=O) groups is 1. The Morgan fingerprint density at radius 2 is 1.70 bits per heavy atom. The SMILES string of the molecule is CCN(CC)c1ccc(C(=O)N2CCN(c3ccc(OC)cc3)CC2)nc1. The van der Waals surface area contributed by atoms with Crippen molar-refractivity contribution in [3.05, 3.63) is 48.3 Å². The summed E-state index contributed by atoms with van der Waals surface area (Å²) in [5.74, 6) is 0.863. The number of methoxy groups -OCH3 is 1. The molecular weight excluding hydrogens is 340 g/mol. The summed E-state index contributed by atoms with van der Waals surface area (Å²) in [6, 6.07) is 11.9. The van der Waals surface area contributed by atoms with Crippen molar-refractivity contribution in [2.45, 2.75) is 13.8 Å². The number of pyridine rings is 1. The predicted octanol–water partition coefficient (Wildman–Crippen LogP) is 2.90. The van der Waals surface area contributed by atoms with E-state index in [0.717, 1.165) is 43.3 Å². The Bertz CT molecular complexity index is 734. The van der Waals surface area contributed by atoms with E-state index in [4.69, 9.17) is 4.74 Å². The van der Waals surface area contributed by atoms with Gasteiger partial charge in [0.1, 0.15) is 11.4 Å². The highest BCUT2D eigenvalue weighted by Gasteiger charge is 2.23. The molecule has 1 fully saturated rings. The number of rotatable bonds is 6. The molecule has 1 aliphatic rings. The van der Waals surface area contributed by atoms with Gasteiger partial charge in [-0.2, -0.15) is 0 Å². The number of nitrogens with zero attached hydrogens (tertiary/aromatic N) is 4. The third-order valence-electron chi connectivity index (χ3n) is 5.10. The zero-order chi connectivity index (χ0) is 19.2. The molecular formula is C21H28N4O2. The van der Waals surface area contributed by atoms with Crippen LogP contribution in [-0.4, -0.2) is 62.2 Å². The van der Waals surface area contributed by atoms with Gasteiger partial charge in [-0.1, -0.05) is 0 Å². The minimum absolute atomic E-state index is 0.00970. The molecule has 2 heterocycles. The van der Waals surface area contributed by atoms with Crippen molar-refractivity contribution >= 4 is 17.3 Å². The van der Waals surface area contributed by atoms with Gasteiger partial charge in [-0.3, -0.25) is 4.79 Å². The topological polar surface area (TPSA) is 48.9 Å². The first-order chi connectivity index (χ1) is 13.2. The second kappa shape index (κ2) is 8.75. The predicted molar refractivity (Wildman–Crippen MR) is 109 cm³/mol. The van der Waals surface area contributed by atoms with Gasteiger partial charge >= 0.3 is 0 Å². The first-order valence-corrected chi connectivity index (χ1v) is 9.55. The number of anilines is 2. The van der Waals surface area contributed by atoms with Crippen molar-refractivity contribution in [2.75, 3.05) is 56.2 Å². The molecule has 1 saturated heterocycles.